The zero-order chi connectivity index (χ0) is 20.1. The Bertz CT molecular complexity index is 1120. The van der Waals surface area contributed by atoms with E-state index in [0.717, 1.165) is 27.5 Å². The molecule has 3 heterocycles. The van der Waals surface area contributed by atoms with Crippen LogP contribution in [0, 0.1) is 0 Å². The normalized spacial score (nSPS) is 12.2. The maximum atomic E-state index is 12.3. The second kappa shape index (κ2) is 8.62. The van der Waals surface area contributed by atoms with Gasteiger partial charge in [-0.15, -0.1) is 11.3 Å². The summed E-state index contributed by atoms with van der Waals surface area (Å²) in [5, 5.41) is 10.1. The van der Waals surface area contributed by atoms with Crippen molar-refractivity contribution in [2.24, 2.45) is 0 Å². The van der Waals surface area contributed by atoms with Crippen molar-refractivity contribution in [1.29, 1.82) is 0 Å². The highest BCUT2D eigenvalue weighted by Gasteiger charge is 2.13. The smallest absolute Gasteiger partial charge is 0.244 e. The van der Waals surface area contributed by atoms with E-state index in [-0.39, 0.29) is 11.9 Å². The quantitative estimate of drug-likeness (QED) is 0.490. The minimum atomic E-state index is -0.181. The van der Waals surface area contributed by atoms with E-state index in [9.17, 15) is 4.79 Å². The molecule has 144 valence electrons. The van der Waals surface area contributed by atoms with Gasteiger partial charge in [-0.25, -0.2) is 9.67 Å². The molecule has 29 heavy (non-hydrogen) atoms. The van der Waals surface area contributed by atoms with E-state index in [1.54, 1.807) is 29.3 Å². The predicted octanol–water partition coefficient (Wildman–Crippen LogP) is 4.28. The minimum absolute atomic E-state index is 0.175. The van der Waals surface area contributed by atoms with Crippen LogP contribution in [0.5, 0.6) is 0 Å². The van der Waals surface area contributed by atoms with E-state index >= 15 is 0 Å². The molecule has 0 aliphatic heterocycles. The standard InChI is InChI=1S/C22H19N5OS/c1-16(22-26-20(15-29-22)18-9-11-23-12-10-18)25-21(28)8-7-17-13-24-27(14-17)19-5-3-2-4-6-19/h2-16H,1H3,(H,25,28). The van der Waals surface area contributed by atoms with Crippen molar-refractivity contribution >= 4 is 23.3 Å². The Morgan fingerprint density at radius 2 is 1.97 bits per heavy atom. The fraction of sp³-hybridized carbons (Fsp3) is 0.0909. The largest absolute Gasteiger partial charge is 0.344 e. The Labute approximate surface area is 172 Å². The van der Waals surface area contributed by atoms with Crippen LogP contribution in [0.1, 0.15) is 23.5 Å². The van der Waals surface area contributed by atoms with E-state index in [2.05, 4.69) is 20.4 Å². The van der Waals surface area contributed by atoms with Crippen LogP contribution < -0.4 is 5.32 Å². The summed E-state index contributed by atoms with van der Waals surface area (Å²) in [7, 11) is 0. The summed E-state index contributed by atoms with van der Waals surface area (Å²) < 4.78 is 1.77. The highest BCUT2D eigenvalue weighted by Crippen LogP contribution is 2.24. The van der Waals surface area contributed by atoms with Crippen molar-refractivity contribution in [2.45, 2.75) is 13.0 Å². The van der Waals surface area contributed by atoms with Crippen LogP contribution in [0.3, 0.4) is 0 Å². The maximum Gasteiger partial charge on any atom is 0.244 e. The first-order valence-electron chi connectivity index (χ1n) is 9.13. The van der Waals surface area contributed by atoms with Crippen LogP contribution in [-0.4, -0.2) is 25.7 Å². The highest BCUT2D eigenvalue weighted by molar-refractivity contribution is 7.10. The lowest BCUT2D eigenvalue weighted by atomic mass is 10.2. The zero-order valence-electron chi connectivity index (χ0n) is 15.8. The molecule has 0 aliphatic rings. The number of carbonyl (C=O) groups is 1. The van der Waals surface area contributed by atoms with E-state index in [4.69, 9.17) is 0 Å². The molecule has 1 N–H and O–H groups in total. The second-order valence-corrected chi connectivity index (χ2v) is 7.31. The van der Waals surface area contributed by atoms with Gasteiger partial charge in [0, 0.05) is 41.2 Å². The molecule has 0 bridgehead atoms. The zero-order valence-corrected chi connectivity index (χ0v) is 16.6. The van der Waals surface area contributed by atoms with Crippen molar-refractivity contribution in [1.82, 2.24) is 25.1 Å². The summed E-state index contributed by atoms with van der Waals surface area (Å²) in [5.74, 6) is -0.175. The van der Waals surface area contributed by atoms with Crippen molar-refractivity contribution in [3.8, 4) is 16.9 Å². The summed E-state index contributed by atoms with van der Waals surface area (Å²) in [6, 6.07) is 13.5. The van der Waals surface area contributed by atoms with Gasteiger partial charge in [-0.3, -0.25) is 9.78 Å². The van der Waals surface area contributed by atoms with Crippen LogP contribution in [-0.2, 0) is 4.79 Å². The molecule has 4 rings (SSSR count). The first-order chi connectivity index (χ1) is 14.2. The Balaban J connectivity index is 1.37. The van der Waals surface area contributed by atoms with Gasteiger partial charge in [0.2, 0.25) is 5.91 Å². The number of carbonyl (C=O) groups excluding carboxylic acids is 1. The molecule has 3 aromatic heterocycles. The molecule has 0 saturated carbocycles. The van der Waals surface area contributed by atoms with Crippen molar-refractivity contribution in [3.63, 3.8) is 0 Å². The molecule has 1 aromatic carbocycles. The molecule has 1 amide bonds. The van der Waals surface area contributed by atoms with E-state index < -0.39 is 0 Å². The number of amides is 1. The topological polar surface area (TPSA) is 72.7 Å². The van der Waals surface area contributed by atoms with Gasteiger partial charge in [0.15, 0.2) is 0 Å². The highest BCUT2D eigenvalue weighted by atomic mass is 32.1. The Morgan fingerprint density at radius 1 is 1.17 bits per heavy atom. The number of thiazole rings is 1. The number of aromatic nitrogens is 4. The van der Waals surface area contributed by atoms with Crippen LogP contribution >= 0.6 is 11.3 Å². The number of rotatable bonds is 6. The fourth-order valence-electron chi connectivity index (χ4n) is 2.78. The third kappa shape index (κ3) is 4.64. The van der Waals surface area contributed by atoms with Crippen molar-refractivity contribution < 1.29 is 4.79 Å². The van der Waals surface area contributed by atoms with Gasteiger partial charge in [0.1, 0.15) is 5.01 Å². The third-order valence-corrected chi connectivity index (χ3v) is 5.31. The van der Waals surface area contributed by atoms with Crippen LogP contribution in [0.15, 0.2) is 78.7 Å². The number of nitrogens with zero attached hydrogens (tertiary/aromatic N) is 4. The van der Waals surface area contributed by atoms with Gasteiger partial charge < -0.3 is 5.32 Å². The van der Waals surface area contributed by atoms with Crippen LogP contribution in [0.2, 0.25) is 0 Å². The number of pyridine rings is 1. The molecule has 0 fully saturated rings. The molecule has 0 aliphatic carbocycles. The molecule has 1 unspecified atom stereocenters. The fourth-order valence-corrected chi connectivity index (χ4v) is 3.62. The number of nitrogens with one attached hydrogen (secondary N) is 1. The number of benzene rings is 1. The molecule has 0 spiro atoms. The minimum Gasteiger partial charge on any atom is -0.344 e. The average molecular weight is 401 g/mol. The summed E-state index contributed by atoms with van der Waals surface area (Å²) in [6.07, 6.45) is 10.3. The first-order valence-corrected chi connectivity index (χ1v) is 10.0. The molecule has 0 saturated heterocycles. The lowest BCUT2D eigenvalue weighted by molar-refractivity contribution is -0.117. The lowest BCUT2D eigenvalue weighted by Crippen LogP contribution is -2.24. The van der Waals surface area contributed by atoms with Gasteiger partial charge in [0.25, 0.3) is 0 Å². The Kier molecular flexibility index (Phi) is 5.58. The molecule has 7 heteroatoms. The molecule has 0 radical (unpaired) electrons. The molecular weight excluding hydrogens is 382 g/mol. The Hall–Kier alpha value is -3.58. The van der Waals surface area contributed by atoms with Gasteiger partial charge in [0.05, 0.1) is 23.6 Å². The van der Waals surface area contributed by atoms with Crippen LogP contribution in [0.4, 0.5) is 0 Å². The summed E-state index contributed by atoms with van der Waals surface area (Å²) in [6.45, 7) is 1.92. The Morgan fingerprint density at radius 3 is 2.76 bits per heavy atom. The SMILES string of the molecule is CC(NC(=O)C=Cc1cnn(-c2ccccc2)c1)c1nc(-c2ccncc2)cs1. The number of hydrogen-bond acceptors (Lipinski definition) is 5. The third-order valence-electron chi connectivity index (χ3n) is 4.28. The van der Waals surface area contributed by atoms with Gasteiger partial charge in [-0.2, -0.15) is 5.10 Å². The summed E-state index contributed by atoms with van der Waals surface area (Å²) >= 11 is 1.53. The van der Waals surface area contributed by atoms with Gasteiger partial charge in [-0.05, 0) is 37.3 Å². The van der Waals surface area contributed by atoms with Crippen LogP contribution in [0.25, 0.3) is 23.0 Å². The van der Waals surface area contributed by atoms with Gasteiger partial charge in [-0.1, -0.05) is 18.2 Å². The lowest BCUT2D eigenvalue weighted by Gasteiger charge is -2.08. The monoisotopic (exact) mass is 401 g/mol. The number of hydrogen-bond donors (Lipinski definition) is 1. The molecular formula is C22H19N5OS. The second-order valence-electron chi connectivity index (χ2n) is 6.42. The van der Waals surface area contributed by atoms with Crippen molar-refractivity contribution in [2.75, 3.05) is 0 Å². The molecule has 1 atom stereocenters. The van der Waals surface area contributed by atoms with E-state index in [1.165, 1.54) is 17.4 Å². The molecule has 4 aromatic rings. The number of para-hydroxylation sites is 1. The van der Waals surface area contributed by atoms with Gasteiger partial charge >= 0.3 is 0 Å². The molecule has 6 nitrogen and oxygen atoms in total. The summed E-state index contributed by atoms with van der Waals surface area (Å²) in [5.41, 5.74) is 3.72. The predicted molar refractivity (Wildman–Crippen MR) is 115 cm³/mol. The van der Waals surface area contributed by atoms with E-state index in [0.29, 0.717) is 0 Å². The van der Waals surface area contributed by atoms with Crippen molar-refractivity contribution in [3.05, 3.63) is 89.3 Å². The van der Waals surface area contributed by atoms with E-state index in [1.807, 2.05) is 61.0 Å². The summed E-state index contributed by atoms with van der Waals surface area (Å²) in [4.78, 5) is 20.9. The average Bonchev–Trinajstić information content (AvgIpc) is 3.44. The first kappa shape index (κ1) is 18.8. The maximum absolute atomic E-state index is 12.3.